The lowest BCUT2D eigenvalue weighted by Crippen LogP contribution is -2.51. The summed E-state index contributed by atoms with van der Waals surface area (Å²) in [4.78, 5) is 24.1. The van der Waals surface area contributed by atoms with Crippen LogP contribution in [-0.2, 0) is 4.79 Å². The summed E-state index contributed by atoms with van der Waals surface area (Å²) in [5, 5.41) is 16.8. The Balaban J connectivity index is 1.33. The van der Waals surface area contributed by atoms with Crippen LogP contribution in [0.1, 0.15) is 73.8 Å². The van der Waals surface area contributed by atoms with Crippen LogP contribution >= 0.6 is 0 Å². The van der Waals surface area contributed by atoms with Crippen molar-refractivity contribution < 1.29 is 14.7 Å². The van der Waals surface area contributed by atoms with Gasteiger partial charge in [-0.1, -0.05) is 6.92 Å². The van der Waals surface area contributed by atoms with Gasteiger partial charge in [0, 0.05) is 18.7 Å². The van der Waals surface area contributed by atoms with E-state index in [0.717, 1.165) is 29.8 Å². The van der Waals surface area contributed by atoms with Crippen molar-refractivity contribution in [1.29, 1.82) is 0 Å². The Hall–Kier alpha value is -2.37. The summed E-state index contributed by atoms with van der Waals surface area (Å²) >= 11 is 0. The van der Waals surface area contributed by atoms with Crippen LogP contribution in [0.5, 0.6) is 0 Å². The minimum Gasteiger partial charge on any atom is -0.481 e. The summed E-state index contributed by atoms with van der Waals surface area (Å²) in [6, 6.07) is 5.51. The van der Waals surface area contributed by atoms with Crippen molar-refractivity contribution in [2.24, 2.45) is 23.2 Å². The number of carbonyl (C=O) groups is 2. The SMILES string of the molecule is CC(CC(=O)O)c1cc2c(C(=O)NCC34CC5CC(CC(C5)C3)C4)cccn2n1. The van der Waals surface area contributed by atoms with E-state index in [2.05, 4.69) is 10.4 Å². The third-order valence-electron chi connectivity index (χ3n) is 7.54. The number of fused-ring (bicyclic) bond motifs is 1. The highest BCUT2D eigenvalue weighted by atomic mass is 16.4. The van der Waals surface area contributed by atoms with Gasteiger partial charge in [0.05, 0.1) is 23.2 Å². The highest BCUT2D eigenvalue weighted by Crippen LogP contribution is 2.59. The van der Waals surface area contributed by atoms with Gasteiger partial charge in [-0.3, -0.25) is 9.59 Å². The highest BCUT2D eigenvalue weighted by molar-refractivity contribution is 6.00. The fourth-order valence-electron chi connectivity index (χ4n) is 6.70. The standard InChI is InChI=1S/C23H29N3O3/c1-14(5-21(27)28)19-9-20-18(3-2-4-26(20)25-19)22(29)24-13-23-10-15-6-16(11-23)8-17(7-15)12-23/h2-4,9,14-17H,5-8,10-13H2,1H3,(H,24,29)(H,27,28). The zero-order valence-electron chi connectivity index (χ0n) is 16.9. The molecule has 4 fully saturated rings. The lowest BCUT2D eigenvalue weighted by atomic mass is 9.49. The first-order valence-corrected chi connectivity index (χ1v) is 10.9. The predicted octanol–water partition coefficient (Wildman–Crippen LogP) is 3.86. The maximum atomic E-state index is 13.1. The van der Waals surface area contributed by atoms with Crippen LogP contribution in [0, 0.1) is 23.2 Å². The van der Waals surface area contributed by atoms with Crippen LogP contribution in [0.3, 0.4) is 0 Å². The monoisotopic (exact) mass is 395 g/mol. The van der Waals surface area contributed by atoms with E-state index in [0.29, 0.717) is 16.7 Å². The molecule has 0 aliphatic heterocycles. The van der Waals surface area contributed by atoms with Crippen LogP contribution in [0.4, 0.5) is 0 Å². The third-order valence-corrected chi connectivity index (χ3v) is 7.54. The van der Waals surface area contributed by atoms with Crippen molar-refractivity contribution in [1.82, 2.24) is 14.9 Å². The summed E-state index contributed by atoms with van der Waals surface area (Å²) in [6.07, 6.45) is 9.85. The Bertz CT molecular complexity index is 928. The van der Waals surface area contributed by atoms with Gasteiger partial charge in [-0.2, -0.15) is 5.10 Å². The number of hydrogen-bond acceptors (Lipinski definition) is 3. The quantitative estimate of drug-likeness (QED) is 0.778. The number of aliphatic carboxylic acids is 1. The van der Waals surface area contributed by atoms with Crippen LogP contribution in [0.2, 0.25) is 0 Å². The van der Waals surface area contributed by atoms with Crippen molar-refractivity contribution in [2.75, 3.05) is 6.54 Å². The topological polar surface area (TPSA) is 83.7 Å². The molecule has 4 bridgehead atoms. The van der Waals surface area contributed by atoms with Crippen molar-refractivity contribution in [3.63, 3.8) is 0 Å². The second-order valence-electron chi connectivity index (χ2n) is 9.92. The Morgan fingerprint density at radius 2 is 1.90 bits per heavy atom. The number of hydrogen-bond donors (Lipinski definition) is 2. The number of carbonyl (C=O) groups excluding carboxylic acids is 1. The molecule has 0 saturated heterocycles. The van der Waals surface area contributed by atoms with Crippen LogP contribution in [-0.4, -0.2) is 33.1 Å². The van der Waals surface area contributed by atoms with Gasteiger partial charge in [0.2, 0.25) is 0 Å². The molecule has 2 aromatic rings. The van der Waals surface area contributed by atoms with Gasteiger partial charge in [0.25, 0.3) is 5.91 Å². The van der Waals surface area contributed by atoms with Crippen LogP contribution in [0.15, 0.2) is 24.4 Å². The molecule has 1 unspecified atom stereocenters. The van der Waals surface area contributed by atoms with Crippen molar-refractivity contribution in [2.45, 2.75) is 57.8 Å². The number of carboxylic acids is 1. The number of nitrogens with zero attached hydrogens (tertiary/aromatic N) is 2. The fraction of sp³-hybridized carbons (Fsp3) is 0.609. The van der Waals surface area contributed by atoms with E-state index in [1.807, 2.05) is 31.3 Å². The minimum atomic E-state index is -0.844. The Morgan fingerprint density at radius 1 is 1.24 bits per heavy atom. The largest absolute Gasteiger partial charge is 0.481 e. The average Bonchev–Trinajstić information content (AvgIpc) is 3.09. The molecule has 4 aliphatic rings. The van der Waals surface area contributed by atoms with Gasteiger partial charge in [-0.05, 0) is 79.9 Å². The molecule has 6 rings (SSSR count). The first-order valence-electron chi connectivity index (χ1n) is 10.9. The molecule has 0 aromatic carbocycles. The van der Waals surface area contributed by atoms with Crippen LogP contribution < -0.4 is 5.32 Å². The van der Waals surface area contributed by atoms with E-state index in [4.69, 9.17) is 5.11 Å². The lowest BCUT2D eigenvalue weighted by molar-refractivity contribution is -0.137. The Labute approximate surface area is 170 Å². The van der Waals surface area contributed by atoms with E-state index in [9.17, 15) is 9.59 Å². The average molecular weight is 396 g/mol. The molecular formula is C23H29N3O3. The number of amides is 1. The van der Waals surface area contributed by atoms with Crippen molar-refractivity contribution >= 4 is 17.4 Å². The van der Waals surface area contributed by atoms with Crippen molar-refractivity contribution in [3.8, 4) is 0 Å². The zero-order valence-corrected chi connectivity index (χ0v) is 16.9. The molecule has 2 N–H and O–H groups in total. The minimum absolute atomic E-state index is 0.0252. The van der Waals surface area contributed by atoms with Crippen molar-refractivity contribution in [3.05, 3.63) is 35.7 Å². The van der Waals surface area contributed by atoms with E-state index >= 15 is 0 Å². The fourth-order valence-corrected chi connectivity index (χ4v) is 6.70. The number of aromatic nitrogens is 2. The number of nitrogens with one attached hydrogen (secondary N) is 1. The summed E-state index contributed by atoms with van der Waals surface area (Å²) < 4.78 is 1.69. The van der Waals surface area contributed by atoms with Gasteiger partial charge in [0.1, 0.15) is 0 Å². The van der Waals surface area contributed by atoms with Gasteiger partial charge >= 0.3 is 5.97 Å². The van der Waals surface area contributed by atoms with Gasteiger partial charge in [0.15, 0.2) is 0 Å². The molecule has 6 heteroatoms. The Morgan fingerprint density at radius 3 is 2.52 bits per heavy atom. The number of rotatable bonds is 6. The summed E-state index contributed by atoms with van der Waals surface area (Å²) in [5.74, 6) is 1.51. The molecule has 0 radical (unpaired) electrons. The van der Waals surface area contributed by atoms with Gasteiger partial charge < -0.3 is 10.4 Å². The first kappa shape index (κ1) is 18.6. The molecule has 29 heavy (non-hydrogen) atoms. The third kappa shape index (κ3) is 3.43. The molecule has 0 spiro atoms. The number of carboxylic acid groups (broad SMARTS) is 1. The second kappa shape index (κ2) is 6.85. The second-order valence-corrected chi connectivity index (χ2v) is 9.92. The molecule has 4 saturated carbocycles. The van der Waals surface area contributed by atoms with E-state index in [-0.39, 0.29) is 18.2 Å². The summed E-state index contributed by atoms with van der Waals surface area (Å²) in [7, 11) is 0. The molecule has 2 heterocycles. The Kier molecular flexibility index (Phi) is 4.41. The molecule has 2 aromatic heterocycles. The predicted molar refractivity (Wildman–Crippen MR) is 109 cm³/mol. The highest BCUT2D eigenvalue weighted by Gasteiger charge is 2.50. The van der Waals surface area contributed by atoms with E-state index in [1.165, 1.54) is 38.5 Å². The molecule has 6 nitrogen and oxygen atoms in total. The first-order chi connectivity index (χ1) is 13.9. The molecule has 1 amide bonds. The van der Waals surface area contributed by atoms with Crippen LogP contribution in [0.25, 0.3) is 5.52 Å². The lowest BCUT2D eigenvalue weighted by Gasteiger charge is -2.56. The summed E-state index contributed by atoms with van der Waals surface area (Å²) in [5.41, 5.74) is 2.35. The van der Waals surface area contributed by atoms with Gasteiger partial charge in [-0.25, -0.2) is 4.52 Å². The maximum absolute atomic E-state index is 13.1. The van der Waals surface area contributed by atoms with E-state index < -0.39 is 5.97 Å². The molecule has 1 atom stereocenters. The molecule has 4 aliphatic carbocycles. The zero-order chi connectivity index (χ0) is 20.2. The van der Waals surface area contributed by atoms with Gasteiger partial charge in [-0.15, -0.1) is 0 Å². The number of pyridine rings is 1. The smallest absolute Gasteiger partial charge is 0.304 e. The maximum Gasteiger partial charge on any atom is 0.304 e. The van der Waals surface area contributed by atoms with E-state index in [1.54, 1.807) is 4.52 Å². The summed E-state index contributed by atoms with van der Waals surface area (Å²) in [6.45, 7) is 2.62. The normalized spacial score (nSPS) is 31.1. The molecule has 154 valence electrons. The molecular weight excluding hydrogens is 366 g/mol.